The van der Waals surface area contributed by atoms with Crippen molar-refractivity contribution in [1.29, 1.82) is 0 Å². The van der Waals surface area contributed by atoms with E-state index in [4.69, 9.17) is 10.2 Å². The Morgan fingerprint density at radius 3 is 2.40 bits per heavy atom. The fourth-order valence-corrected chi connectivity index (χ4v) is 3.90. The van der Waals surface area contributed by atoms with Gasteiger partial charge in [0, 0.05) is 18.3 Å². The first-order valence-corrected chi connectivity index (χ1v) is 10.0. The SMILES string of the molecule is CC(C)(C)c1cccc(NCP(=O)(O)CC(CCC(=O)O)C(=O)O)c1. The third-order valence-electron chi connectivity index (χ3n) is 3.82. The van der Waals surface area contributed by atoms with Crippen molar-refractivity contribution < 1.29 is 29.3 Å². The maximum absolute atomic E-state index is 12.3. The first-order chi connectivity index (χ1) is 11.4. The molecule has 0 heterocycles. The van der Waals surface area contributed by atoms with E-state index in [0.717, 1.165) is 5.56 Å². The Hall–Kier alpha value is -1.85. The Balaban J connectivity index is 2.72. The molecule has 2 atom stereocenters. The summed E-state index contributed by atoms with van der Waals surface area (Å²) in [6, 6.07) is 7.47. The third kappa shape index (κ3) is 7.71. The normalized spacial score (nSPS) is 15.2. The Bertz CT molecular complexity index is 667. The van der Waals surface area contributed by atoms with Crippen LogP contribution in [0.1, 0.15) is 39.2 Å². The van der Waals surface area contributed by atoms with Crippen molar-refractivity contribution >= 4 is 25.0 Å². The highest BCUT2D eigenvalue weighted by atomic mass is 31.2. The Labute approximate surface area is 147 Å². The van der Waals surface area contributed by atoms with E-state index < -0.39 is 31.4 Å². The van der Waals surface area contributed by atoms with E-state index in [0.29, 0.717) is 5.69 Å². The molecule has 0 bridgehead atoms. The van der Waals surface area contributed by atoms with Crippen molar-refractivity contribution in [3.63, 3.8) is 0 Å². The maximum atomic E-state index is 12.3. The van der Waals surface area contributed by atoms with E-state index in [-0.39, 0.29) is 24.5 Å². The number of carboxylic acid groups (broad SMARTS) is 2. The molecule has 0 aliphatic heterocycles. The number of hydrogen-bond acceptors (Lipinski definition) is 4. The molecule has 7 nitrogen and oxygen atoms in total. The fourth-order valence-electron chi connectivity index (χ4n) is 2.31. The number of rotatable bonds is 9. The van der Waals surface area contributed by atoms with E-state index in [2.05, 4.69) is 26.1 Å². The predicted octanol–water partition coefficient (Wildman–Crippen LogP) is 3.19. The summed E-state index contributed by atoms with van der Waals surface area (Å²) < 4.78 is 12.3. The number of carbonyl (C=O) groups is 2. The molecule has 1 aromatic rings. The van der Waals surface area contributed by atoms with Crippen LogP contribution in [0.5, 0.6) is 0 Å². The molecular weight excluding hydrogens is 345 g/mol. The van der Waals surface area contributed by atoms with E-state index in [9.17, 15) is 19.0 Å². The second kappa shape index (κ2) is 8.50. The Morgan fingerprint density at radius 1 is 1.24 bits per heavy atom. The Kier molecular flexibility index (Phi) is 7.20. The van der Waals surface area contributed by atoms with Crippen LogP contribution < -0.4 is 5.32 Å². The van der Waals surface area contributed by atoms with Gasteiger partial charge in [-0.1, -0.05) is 32.9 Å². The van der Waals surface area contributed by atoms with Crippen LogP contribution in [0, 0.1) is 5.92 Å². The molecule has 140 valence electrons. The minimum Gasteiger partial charge on any atom is -0.481 e. The molecule has 0 fully saturated rings. The molecule has 1 aromatic carbocycles. The summed E-state index contributed by atoms with van der Waals surface area (Å²) in [6.45, 7) is 6.18. The number of anilines is 1. The molecule has 25 heavy (non-hydrogen) atoms. The first-order valence-electron chi connectivity index (χ1n) is 8.00. The molecule has 0 radical (unpaired) electrons. The van der Waals surface area contributed by atoms with Crippen molar-refractivity contribution in [1.82, 2.24) is 0 Å². The topological polar surface area (TPSA) is 124 Å². The lowest BCUT2D eigenvalue weighted by Crippen LogP contribution is -2.21. The van der Waals surface area contributed by atoms with Crippen LogP contribution in [0.25, 0.3) is 0 Å². The summed E-state index contributed by atoms with van der Waals surface area (Å²) in [6.07, 6.45) is -1.24. The molecule has 0 saturated carbocycles. The van der Waals surface area contributed by atoms with Crippen molar-refractivity contribution in [3.05, 3.63) is 29.8 Å². The average Bonchev–Trinajstić information content (AvgIpc) is 2.48. The molecule has 4 N–H and O–H groups in total. The minimum absolute atomic E-state index is 0.0637. The van der Waals surface area contributed by atoms with Crippen molar-refractivity contribution in [3.8, 4) is 0 Å². The molecule has 0 spiro atoms. The van der Waals surface area contributed by atoms with Gasteiger partial charge in [-0.15, -0.1) is 0 Å². The standard InChI is InChI=1S/C17H26NO6P/c1-17(2,3)13-5-4-6-14(9-13)18-11-25(23,24)10-12(16(21)22)7-8-15(19)20/h4-6,9,12,18H,7-8,10-11H2,1-3H3,(H,19,20)(H,21,22)(H,23,24). The number of benzene rings is 1. The van der Waals surface area contributed by atoms with Gasteiger partial charge in [0.2, 0.25) is 7.37 Å². The summed E-state index contributed by atoms with van der Waals surface area (Å²) in [5, 5.41) is 20.6. The fraction of sp³-hybridized carbons (Fsp3) is 0.529. The van der Waals surface area contributed by atoms with Gasteiger partial charge in [0.1, 0.15) is 0 Å². The van der Waals surface area contributed by atoms with E-state index in [1.54, 1.807) is 6.07 Å². The molecule has 0 aromatic heterocycles. The van der Waals surface area contributed by atoms with Crippen LogP contribution in [-0.4, -0.2) is 39.5 Å². The number of nitrogens with one attached hydrogen (secondary N) is 1. The molecule has 0 aliphatic carbocycles. The molecule has 2 unspecified atom stereocenters. The molecular formula is C17H26NO6P. The van der Waals surface area contributed by atoms with Gasteiger partial charge in [0.25, 0.3) is 0 Å². The zero-order valence-electron chi connectivity index (χ0n) is 14.7. The van der Waals surface area contributed by atoms with Crippen LogP contribution in [0.2, 0.25) is 0 Å². The number of hydrogen-bond donors (Lipinski definition) is 4. The van der Waals surface area contributed by atoms with Gasteiger partial charge in [0.05, 0.1) is 12.2 Å². The lowest BCUT2D eigenvalue weighted by molar-refractivity contribution is -0.142. The van der Waals surface area contributed by atoms with Gasteiger partial charge in [-0.2, -0.15) is 0 Å². The highest BCUT2D eigenvalue weighted by molar-refractivity contribution is 7.58. The van der Waals surface area contributed by atoms with Crippen LogP contribution in [0.15, 0.2) is 24.3 Å². The van der Waals surface area contributed by atoms with Gasteiger partial charge in [-0.3, -0.25) is 14.2 Å². The largest absolute Gasteiger partial charge is 0.481 e. The van der Waals surface area contributed by atoms with Crippen LogP contribution in [-0.2, 0) is 19.6 Å². The van der Waals surface area contributed by atoms with E-state index in [1.807, 2.05) is 18.2 Å². The average molecular weight is 371 g/mol. The van der Waals surface area contributed by atoms with Gasteiger partial charge in [0.15, 0.2) is 0 Å². The first kappa shape index (κ1) is 21.2. The zero-order chi connectivity index (χ0) is 19.3. The van der Waals surface area contributed by atoms with Gasteiger partial charge < -0.3 is 20.4 Å². The molecule has 0 amide bonds. The van der Waals surface area contributed by atoms with E-state index in [1.165, 1.54) is 0 Å². The molecule has 8 heteroatoms. The molecule has 0 saturated heterocycles. The van der Waals surface area contributed by atoms with E-state index >= 15 is 0 Å². The van der Waals surface area contributed by atoms with Crippen molar-refractivity contribution in [2.24, 2.45) is 5.92 Å². The molecule has 0 aliphatic rings. The van der Waals surface area contributed by atoms with Gasteiger partial charge >= 0.3 is 11.9 Å². The van der Waals surface area contributed by atoms with Crippen molar-refractivity contribution in [2.75, 3.05) is 17.8 Å². The second-order valence-corrected chi connectivity index (χ2v) is 9.54. The van der Waals surface area contributed by atoms with Gasteiger partial charge in [-0.05, 0) is 29.5 Å². The highest BCUT2D eigenvalue weighted by Gasteiger charge is 2.29. The summed E-state index contributed by atoms with van der Waals surface area (Å²) in [4.78, 5) is 31.8. The van der Waals surface area contributed by atoms with Crippen molar-refractivity contribution in [2.45, 2.75) is 39.0 Å². The summed E-state index contributed by atoms with van der Waals surface area (Å²) in [5.41, 5.74) is 1.68. The van der Waals surface area contributed by atoms with Crippen LogP contribution in [0.3, 0.4) is 0 Å². The second-order valence-electron chi connectivity index (χ2n) is 7.16. The highest BCUT2D eigenvalue weighted by Crippen LogP contribution is 2.43. The van der Waals surface area contributed by atoms with Crippen LogP contribution >= 0.6 is 7.37 Å². The predicted molar refractivity (Wildman–Crippen MR) is 96.3 cm³/mol. The summed E-state index contributed by atoms with van der Waals surface area (Å²) >= 11 is 0. The zero-order valence-corrected chi connectivity index (χ0v) is 15.6. The monoisotopic (exact) mass is 371 g/mol. The van der Waals surface area contributed by atoms with Gasteiger partial charge in [-0.25, -0.2) is 0 Å². The lowest BCUT2D eigenvalue weighted by Gasteiger charge is -2.21. The Morgan fingerprint density at radius 2 is 1.88 bits per heavy atom. The maximum Gasteiger partial charge on any atom is 0.307 e. The lowest BCUT2D eigenvalue weighted by atomic mass is 9.87. The number of carboxylic acids is 2. The smallest absolute Gasteiger partial charge is 0.307 e. The van der Waals surface area contributed by atoms with Crippen LogP contribution in [0.4, 0.5) is 5.69 Å². The summed E-state index contributed by atoms with van der Waals surface area (Å²) in [5.74, 6) is -3.55. The summed E-state index contributed by atoms with van der Waals surface area (Å²) in [7, 11) is -3.77. The number of aliphatic carboxylic acids is 2. The molecule has 1 rings (SSSR count). The third-order valence-corrected chi connectivity index (χ3v) is 5.48. The minimum atomic E-state index is -3.77. The quantitative estimate of drug-likeness (QED) is 0.491.